The number of carbonyl (C=O) groups is 2. The summed E-state index contributed by atoms with van der Waals surface area (Å²) in [7, 11) is 0. The van der Waals surface area contributed by atoms with Gasteiger partial charge in [-0.1, -0.05) is 36.4 Å². The van der Waals surface area contributed by atoms with Crippen LogP contribution in [0.25, 0.3) is 11.1 Å². The van der Waals surface area contributed by atoms with Gasteiger partial charge in [-0.05, 0) is 48.4 Å². The van der Waals surface area contributed by atoms with Crippen molar-refractivity contribution in [3.63, 3.8) is 0 Å². The molecule has 3 aromatic carbocycles. The van der Waals surface area contributed by atoms with Gasteiger partial charge in [0.15, 0.2) is 5.78 Å². The van der Waals surface area contributed by atoms with Gasteiger partial charge in [-0.25, -0.2) is 0 Å². The predicted octanol–water partition coefficient (Wildman–Crippen LogP) is 3.92. The molecule has 4 rings (SSSR count). The van der Waals surface area contributed by atoms with E-state index in [-0.39, 0.29) is 17.1 Å². The summed E-state index contributed by atoms with van der Waals surface area (Å²) in [6, 6.07) is 20.2. The van der Waals surface area contributed by atoms with Crippen molar-refractivity contribution in [2.24, 2.45) is 0 Å². The first-order valence-corrected chi connectivity index (χ1v) is 10.3. The van der Waals surface area contributed by atoms with Crippen LogP contribution in [0.3, 0.4) is 0 Å². The van der Waals surface area contributed by atoms with Gasteiger partial charge in [-0.15, -0.1) is 0 Å². The second kappa shape index (κ2) is 9.02. The van der Waals surface area contributed by atoms with Crippen LogP contribution < -0.4 is 15.5 Å². The molecule has 0 spiro atoms. The second-order valence-corrected chi connectivity index (χ2v) is 7.58. The molecule has 0 unspecified atom stereocenters. The highest BCUT2D eigenvalue weighted by atomic mass is 16.3. The van der Waals surface area contributed by atoms with Crippen LogP contribution in [0.4, 0.5) is 11.4 Å². The van der Waals surface area contributed by atoms with Crippen LogP contribution in [-0.2, 0) is 0 Å². The lowest BCUT2D eigenvalue weighted by Crippen LogP contribution is -2.43. The van der Waals surface area contributed by atoms with Crippen molar-refractivity contribution in [1.82, 2.24) is 5.32 Å². The maximum atomic E-state index is 13.1. The maximum Gasteiger partial charge on any atom is 0.259 e. The summed E-state index contributed by atoms with van der Waals surface area (Å²) in [6.45, 7) is 4.88. The number of phenols is 1. The fourth-order valence-corrected chi connectivity index (χ4v) is 3.78. The number of Topliss-reactive ketones (excluding diaryl/α,β-unsaturated/α-hetero) is 1. The molecule has 6 heteroatoms. The Morgan fingerprint density at radius 3 is 2.35 bits per heavy atom. The normalized spacial score (nSPS) is 13.6. The van der Waals surface area contributed by atoms with Gasteiger partial charge in [0.2, 0.25) is 0 Å². The summed E-state index contributed by atoms with van der Waals surface area (Å²) in [5.41, 5.74) is 3.78. The zero-order chi connectivity index (χ0) is 21.8. The number of nitrogens with one attached hydrogen (secondary N) is 2. The van der Waals surface area contributed by atoms with Crippen LogP contribution in [0, 0.1) is 0 Å². The van der Waals surface area contributed by atoms with E-state index in [1.54, 1.807) is 24.3 Å². The van der Waals surface area contributed by atoms with E-state index in [1.807, 2.05) is 42.5 Å². The molecule has 0 atom stereocenters. The van der Waals surface area contributed by atoms with Crippen molar-refractivity contribution in [3.8, 4) is 16.9 Å². The first-order chi connectivity index (χ1) is 15.0. The summed E-state index contributed by atoms with van der Waals surface area (Å²) in [5.74, 6) is -0.698. The van der Waals surface area contributed by atoms with Crippen LogP contribution in [0.2, 0.25) is 0 Å². The molecule has 0 aliphatic carbocycles. The molecular weight excluding hydrogens is 390 g/mol. The first-order valence-electron chi connectivity index (χ1n) is 10.3. The lowest BCUT2D eigenvalue weighted by Gasteiger charge is -2.29. The molecule has 1 aliphatic rings. The Bertz CT molecular complexity index is 1110. The smallest absolute Gasteiger partial charge is 0.259 e. The average Bonchev–Trinajstić information content (AvgIpc) is 2.80. The second-order valence-electron chi connectivity index (χ2n) is 7.58. The highest BCUT2D eigenvalue weighted by Crippen LogP contribution is 2.29. The van der Waals surface area contributed by atoms with Gasteiger partial charge in [0.1, 0.15) is 5.75 Å². The Labute approximate surface area is 181 Å². The van der Waals surface area contributed by atoms with Crippen LogP contribution in [0.15, 0.2) is 66.7 Å². The molecule has 0 aromatic heterocycles. The Balaban J connectivity index is 1.65. The minimum absolute atomic E-state index is 0.0972. The van der Waals surface area contributed by atoms with Gasteiger partial charge in [-0.3, -0.25) is 9.59 Å². The summed E-state index contributed by atoms with van der Waals surface area (Å²) in [6.07, 6.45) is 0. The highest BCUT2D eigenvalue weighted by Gasteiger charge is 2.18. The number of ketones is 1. The molecule has 3 aromatic rings. The van der Waals surface area contributed by atoms with Gasteiger partial charge in [0.25, 0.3) is 5.91 Å². The molecule has 0 bridgehead atoms. The molecule has 0 radical (unpaired) electrons. The molecule has 0 saturated carbocycles. The zero-order valence-corrected chi connectivity index (χ0v) is 17.4. The molecule has 31 heavy (non-hydrogen) atoms. The molecule has 1 aliphatic heterocycles. The van der Waals surface area contributed by atoms with Crippen molar-refractivity contribution in [2.75, 3.05) is 36.4 Å². The third kappa shape index (κ3) is 4.59. The zero-order valence-electron chi connectivity index (χ0n) is 17.4. The number of piperazine rings is 1. The molecule has 1 saturated heterocycles. The van der Waals surface area contributed by atoms with E-state index in [4.69, 9.17) is 0 Å². The topological polar surface area (TPSA) is 81.7 Å². The van der Waals surface area contributed by atoms with Crippen LogP contribution >= 0.6 is 0 Å². The third-order valence-corrected chi connectivity index (χ3v) is 5.46. The van der Waals surface area contributed by atoms with Gasteiger partial charge >= 0.3 is 0 Å². The molecule has 1 amide bonds. The fourth-order valence-electron chi connectivity index (χ4n) is 3.78. The molecule has 6 nitrogen and oxygen atoms in total. The number of hydrogen-bond acceptors (Lipinski definition) is 5. The van der Waals surface area contributed by atoms with E-state index < -0.39 is 5.91 Å². The number of rotatable bonds is 5. The monoisotopic (exact) mass is 415 g/mol. The number of hydrogen-bond donors (Lipinski definition) is 3. The number of amides is 1. The number of aromatic hydroxyl groups is 1. The summed E-state index contributed by atoms with van der Waals surface area (Å²) in [5, 5.41) is 16.5. The summed E-state index contributed by atoms with van der Waals surface area (Å²) >= 11 is 0. The molecule has 1 fully saturated rings. The van der Waals surface area contributed by atoms with Crippen LogP contribution in [0.1, 0.15) is 27.6 Å². The van der Waals surface area contributed by atoms with Crippen LogP contribution in [0.5, 0.6) is 5.75 Å². The lowest BCUT2D eigenvalue weighted by molar-refractivity contribution is 0.101. The molecule has 158 valence electrons. The van der Waals surface area contributed by atoms with E-state index in [1.165, 1.54) is 6.92 Å². The Morgan fingerprint density at radius 2 is 1.65 bits per heavy atom. The van der Waals surface area contributed by atoms with Crippen molar-refractivity contribution >= 4 is 23.1 Å². The SMILES string of the molecule is CC(=O)c1ccc(-c2ccccc2)cc1NC(=O)c1cc(N2CCNCC2)ccc1O. The van der Waals surface area contributed by atoms with Gasteiger partial charge in [-0.2, -0.15) is 0 Å². The van der Waals surface area contributed by atoms with E-state index in [9.17, 15) is 14.7 Å². The Morgan fingerprint density at radius 1 is 0.903 bits per heavy atom. The molecule has 1 heterocycles. The number of carbonyl (C=O) groups excluding carboxylic acids is 2. The molecule has 3 N–H and O–H groups in total. The first kappa shape index (κ1) is 20.6. The van der Waals surface area contributed by atoms with Gasteiger partial charge < -0.3 is 20.6 Å². The number of benzene rings is 3. The van der Waals surface area contributed by atoms with E-state index in [2.05, 4.69) is 15.5 Å². The lowest BCUT2D eigenvalue weighted by atomic mass is 10.0. The predicted molar refractivity (Wildman–Crippen MR) is 123 cm³/mol. The number of anilines is 2. The third-order valence-electron chi connectivity index (χ3n) is 5.46. The Kier molecular flexibility index (Phi) is 6.00. The van der Waals surface area contributed by atoms with E-state index >= 15 is 0 Å². The van der Waals surface area contributed by atoms with Crippen molar-refractivity contribution in [1.29, 1.82) is 0 Å². The van der Waals surface area contributed by atoms with Gasteiger partial charge in [0, 0.05) is 37.4 Å². The van der Waals surface area contributed by atoms with E-state index in [0.29, 0.717) is 11.3 Å². The molecular formula is C25H25N3O3. The van der Waals surface area contributed by atoms with E-state index in [0.717, 1.165) is 43.0 Å². The quantitative estimate of drug-likeness (QED) is 0.550. The summed E-state index contributed by atoms with van der Waals surface area (Å²) < 4.78 is 0. The highest BCUT2D eigenvalue weighted by molar-refractivity contribution is 6.11. The maximum absolute atomic E-state index is 13.1. The standard InChI is InChI=1S/C25H25N3O3/c1-17(29)21-9-7-19(18-5-3-2-4-6-18)15-23(21)27-25(31)22-16-20(8-10-24(22)30)28-13-11-26-12-14-28/h2-10,15-16,26,30H,11-14H2,1H3,(H,27,31). The number of phenolic OH excluding ortho intramolecular Hbond substituents is 1. The number of nitrogens with zero attached hydrogens (tertiary/aromatic N) is 1. The largest absolute Gasteiger partial charge is 0.507 e. The minimum Gasteiger partial charge on any atom is -0.507 e. The average molecular weight is 415 g/mol. The summed E-state index contributed by atoms with van der Waals surface area (Å²) in [4.78, 5) is 27.4. The van der Waals surface area contributed by atoms with Crippen molar-refractivity contribution in [3.05, 3.63) is 77.9 Å². The Hall–Kier alpha value is -3.64. The van der Waals surface area contributed by atoms with Crippen molar-refractivity contribution in [2.45, 2.75) is 6.92 Å². The minimum atomic E-state index is -0.456. The van der Waals surface area contributed by atoms with Crippen LogP contribution in [-0.4, -0.2) is 43.0 Å². The fraction of sp³-hybridized carbons (Fsp3) is 0.200. The van der Waals surface area contributed by atoms with Crippen molar-refractivity contribution < 1.29 is 14.7 Å². The van der Waals surface area contributed by atoms with Gasteiger partial charge in [0.05, 0.1) is 11.3 Å².